The average molecular weight is 431 g/mol. The summed E-state index contributed by atoms with van der Waals surface area (Å²) in [6, 6.07) is 7.38. The highest BCUT2D eigenvalue weighted by Gasteiger charge is 2.33. The predicted molar refractivity (Wildman–Crippen MR) is 120 cm³/mol. The lowest BCUT2D eigenvalue weighted by atomic mass is 10.1. The predicted octanol–water partition coefficient (Wildman–Crippen LogP) is 0.690. The van der Waals surface area contributed by atoms with Gasteiger partial charge in [-0.1, -0.05) is 30.4 Å². The summed E-state index contributed by atoms with van der Waals surface area (Å²) in [7, 11) is 3.35. The van der Waals surface area contributed by atoms with Crippen LogP contribution in [0.2, 0.25) is 0 Å². The van der Waals surface area contributed by atoms with E-state index in [2.05, 4.69) is 15.1 Å². The number of nitrogens with one attached hydrogen (secondary N) is 1. The lowest BCUT2D eigenvalue weighted by Crippen LogP contribution is -2.57. The number of methoxy groups -OCH3 is 2. The van der Waals surface area contributed by atoms with E-state index in [9.17, 15) is 9.59 Å². The number of carbonyl (C=O) groups is 2. The summed E-state index contributed by atoms with van der Waals surface area (Å²) in [6.45, 7) is 6.61. The molecule has 1 aromatic carbocycles. The third-order valence-electron chi connectivity index (χ3n) is 5.92. The second kappa shape index (κ2) is 11.8. The molecular formula is C23H34N4O4. The Morgan fingerprint density at radius 2 is 1.94 bits per heavy atom. The molecule has 8 heteroatoms. The minimum Gasteiger partial charge on any atom is -0.496 e. The number of rotatable bonds is 9. The topological polar surface area (TPSA) is 74.4 Å². The molecule has 2 aliphatic rings. The Morgan fingerprint density at radius 3 is 2.68 bits per heavy atom. The zero-order valence-corrected chi connectivity index (χ0v) is 18.6. The molecule has 8 nitrogen and oxygen atoms in total. The van der Waals surface area contributed by atoms with Gasteiger partial charge in [0.1, 0.15) is 5.75 Å². The van der Waals surface area contributed by atoms with E-state index in [4.69, 9.17) is 9.47 Å². The molecule has 1 N–H and O–H groups in total. The molecule has 170 valence electrons. The fraction of sp³-hybridized carbons (Fsp3) is 0.565. The summed E-state index contributed by atoms with van der Waals surface area (Å²) in [5.74, 6) is 0.794. The van der Waals surface area contributed by atoms with Crippen LogP contribution in [-0.2, 0) is 14.3 Å². The molecule has 31 heavy (non-hydrogen) atoms. The third-order valence-corrected chi connectivity index (χ3v) is 5.92. The molecule has 2 fully saturated rings. The number of carbonyl (C=O) groups excluding carboxylic acids is 2. The van der Waals surface area contributed by atoms with Crippen molar-refractivity contribution < 1.29 is 19.1 Å². The number of amides is 2. The van der Waals surface area contributed by atoms with Gasteiger partial charge in [-0.05, 0) is 6.07 Å². The Morgan fingerprint density at radius 1 is 1.16 bits per heavy atom. The van der Waals surface area contributed by atoms with Gasteiger partial charge in [0.25, 0.3) is 0 Å². The van der Waals surface area contributed by atoms with Gasteiger partial charge in [-0.2, -0.15) is 0 Å². The molecule has 0 radical (unpaired) electrons. The van der Waals surface area contributed by atoms with Gasteiger partial charge in [0, 0.05) is 65.0 Å². The van der Waals surface area contributed by atoms with Crippen LogP contribution in [0.1, 0.15) is 12.0 Å². The molecule has 3 rings (SSSR count). The van der Waals surface area contributed by atoms with Crippen LogP contribution < -0.4 is 10.1 Å². The van der Waals surface area contributed by atoms with Crippen molar-refractivity contribution in [3.63, 3.8) is 0 Å². The van der Waals surface area contributed by atoms with Gasteiger partial charge in [-0.25, -0.2) is 0 Å². The van der Waals surface area contributed by atoms with Crippen LogP contribution >= 0.6 is 0 Å². The fourth-order valence-corrected chi connectivity index (χ4v) is 4.06. The van der Waals surface area contributed by atoms with Gasteiger partial charge in [-0.3, -0.25) is 19.4 Å². The first kappa shape index (κ1) is 23.2. The second-order valence-corrected chi connectivity index (χ2v) is 7.87. The zero-order chi connectivity index (χ0) is 22.1. The number of hydrogen-bond donors (Lipinski definition) is 1. The number of para-hydroxylation sites is 1. The number of piperazine rings is 2. The molecule has 1 unspecified atom stereocenters. The normalized spacial score (nSPS) is 20.8. The van der Waals surface area contributed by atoms with Crippen LogP contribution in [0.4, 0.5) is 0 Å². The molecule has 0 bridgehead atoms. The molecule has 2 aliphatic heterocycles. The van der Waals surface area contributed by atoms with Gasteiger partial charge in [0.2, 0.25) is 11.8 Å². The first-order valence-corrected chi connectivity index (χ1v) is 10.9. The molecular weight excluding hydrogens is 396 g/mol. The third kappa shape index (κ3) is 6.53. The molecule has 0 spiro atoms. The van der Waals surface area contributed by atoms with E-state index in [1.54, 1.807) is 14.2 Å². The zero-order valence-electron chi connectivity index (χ0n) is 18.6. The average Bonchev–Trinajstić information content (AvgIpc) is 2.80. The van der Waals surface area contributed by atoms with Crippen LogP contribution in [0.3, 0.4) is 0 Å². The molecule has 1 atom stereocenters. The van der Waals surface area contributed by atoms with E-state index in [1.165, 1.54) is 0 Å². The van der Waals surface area contributed by atoms with Crippen LogP contribution in [0, 0.1) is 0 Å². The van der Waals surface area contributed by atoms with Crippen molar-refractivity contribution in [2.45, 2.75) is 12.5 Å². The molecule has 2 heterocycles. The summed E-state index contributed by atoms with van der Waals surface area (Å²) < 4.78 is 10.5. The van der Waals surface area contributed by atoms with E-state index in [0.29, 0.717) is 32.8 Å². The lowest BCUT2D eigenvalue weighted by Gasteiger charge is -2.37. The highest BCUT2D eigenvalue weighted by atomic mass is 16.5. The SMILES string of the molecule is COCCN1CCN(C(=O)CC2C(=O)NCCN2CC=Cc2ccccc2OC)CC1. The van der Waals surface area contributed by atoms with Crippen LogP contribution in [0.15, 0.2) is 30.3 Å². The summed E-state index contributed by atoms with van der Waals surface area (Å²) in [5, 5.41) is 2.91. The Hall–Kier alpha value is -2.42. The van der Waals surface area contributed by atoms with Crippen molar-refractivity contribution in [3.05, 3.63) is 35.9 Å². The van der Waals surface area contributed by atoms with Gasteiger partial charge in [0.05, 0.1) is 26.2 Å². The van der Waals surface area contributed by atoms with Crippen molar-refractivity contribution in [2.24, 2.45) is 0 Å². The van der Waals surface area contributed by atoms with Crippen molar-refractivity contribution >= 4 is 17.9 Å². The summed E-state index contributed by atoms with van der Waals surface area (Å²) in [4.78, 5) is 31.7. The van der Waals surface area contributed by atoms with Crippen molar-refractivity contribution in [3.8, 4) is 5.75 Å². The van der Waals surface area contributed by atoms with Gasteiger partial charge < -0.3 is 19.7 Å². The number of ether oxygens (including phenoxy) is 2. The minimum absolute atomic E-state index is 0.0483. The molecule has 0 saturated carbocycles. The van der Waals surface area contributed by atoms with E-state index >= 15 is 0 Å². The largest absolute Gasteiger partial charge is 0.496 e. The van der Waals surface area contributed by atoms with Crippen LogP contribution in [0.5, 0.6) is 5.75 Å². The molecule has 1 aromatic rings. The summed E-state index contributed by atoms with van der Waals surface area (Å²) >= 11 is 0. The lowest BCUT2D eigenvalue weighted by molar-refractivity contribution is -0.139. The first-order chi connectivity index (χ1) is 15.1. The Balaban J connectivity index is 1.55. The monoisotopic (exact) mass is 430 g/mol. The number of hydrogen-bond acceptors (Lipinski definition) is 6. The highest BCUT2D eigenvalue weighted by molar-refractivity contribution is 5.89. The van der Waals surface area contributed by atoms with E-state index in [0.717, 1.165) is 37.5 Å². The van der Waals surface area contributed by atoms with Gasteiger partial charge in [0.15, 0.2) is 0 Å². The van der Waals surface area contributed by atoms with Gasteiger partial charge in [-0.15, -0.1) is 0 Å². The van der Waals surface area contributed by atoms with Crippen LogP contribution in [-0.4, -0.2) is 106 Å². The maximum absolute atomic E-state index is 12.9. The molecule has 2 amide bonds. The minimum atomic E-state index is -0.435. The Bertz CT molecular complexity index is 762. The first-order valence-electron chi connectivity index (χ1n) is 10.9. The Labute approximate surface area is 184 Å². The summed E-state index contributed by atoms with van der Waals surface area (Å²) in [5.41, 5.74) is 0.991. The van der Waals surface area contributed by atoms with Crippen LogP contribution in [0.25, 0.3) is 6.08 Å². The van der Waals surface area contributed by atoms with Crippen molar-refractivity contribution in [1.29, 1.82) is 0 Å². The quantitative estimate of drug-likeness (QED) is 0.622. The Kier molecular flexibility index (Phi) is 8.87. The van der Waals surface area contributed by atoms with Crippen molar-refractivity contribution in [2.75, 3.05) is 73.2 Å². The maximum atomic E-state index is 12.9. The van der Waals surface area contributed by atoms with Gasteiger partial charge >= 0.3 is 0 Å². The second-order valence-electron chi connectivity index (χ2n) is 7.87. The number of nitrogens with zero attached hydrogens (tertiary/aromatic N) is 3. The van der Waals surface area contributed by atoms with E-state index < -0.39 is 6.04 Å². The summed E-state index contributed by atoms with van der Waals surface area (Å²) in [6.07, 6.45) is 4.25. The number of benzene rings is 1. The highest BCUT2D eigenvalue weighted by Crippen LogP contribution is 2.19. The standard InChI is InChI=1S/C23H34N4O4/c1-30-17-16-25-12-14-27(15-13-25)22(28)18-20-23(29)24-9-11-26(20)10-5-7-19-6-3-4-8-21(19)31-2/h3-8,20H,9-18H2,1-2H3,(H,24,29). The van der Waals surface area contributed by atoms with Crippen molar-refractivity contribution in [1.82, 2.24) is 20.0 Å². The van der Waals surface area contributed by atoms with E-state index in [1.807, 2.05) is 41.3 Å². The fourth-order valence-electron chi connectivity index (χ4n) is 4.06. The molecule has 0 aromatic heterocycles. The molecule has 2 saturated heterocycles. The maximum Gasteiger partial charge on any atom is 0.237 e. The smallest absolute Gasteiger partial charge is 0.237 e. The van der Waals surface area contributed by atoms with E-state index in [-0.39, 0.29) is 18.2 Å². The molecule has 0 aliphatic carbocycles.